The third-order valence-electron chi connectivity index (χ3n) is 4.39. The van der Waals surface area contributed by atoms with Gasteiger partial charge in [0.1, 0.15) is 5.52 Å². The van der Waals surface area contributed by atoms with Crippen LogP contribution < -0.4 is 14.8 Å². The zero-order valence-electron chi connectivity index (χ0n) is 16.8. The van der Waals surface area contributed by atoms with Crippen LogP contribution in [0.3, 0.4) is 0 Å². The van der Waals surface area contributed by atoms with Crippen molar-refractivity contribution in [1.29, 1.82) is 0 Å². The van der Waals surface area contributed by atoms with E-state index in [0.717, 1.165) is 11.9 Å². The van der Waals surface area contributed by atoms with Crippen LogP contribution in [0.4, 0.5) is 5.69 Å². The van der Waals surface area contributed by atoms with Gasteiger partial charge in [-0.3, -0.25) is 9.59 Å². The predicted octanol–water partition coefficient (Wildman–Crippen LogP) is 4.40. The van der Waals surface area contributed by atoms with Crippen molar-refractivity contribution in [1.82, 2.24) is 4.98 Å². The Labute approximate surface area is 169 Å². The van der Waals surface area contributed by atoms with Crippen LogP contribution in [0.25, 0.3) is 11.1 Å². The van der Waals surface area contributed by atoms with E-state index >= 15 is 0 Å². The van der Waals surface area contributed by atoms with Crippen molar-refractivity contribution in [2.24, 2.45) is 0 Å². The number of rotatable bonds is 9. The summed E-state index contributed by atoms with van der Waals surface area (Å²) >= 11 is 0. The lowest BCUT2D eigenvalue weighted by molar-refractivity contribution is -0.116. The Kier molecular flexibility index (Phi) is 6.49. The van der Waals surface area contributed by atoms with E-state index in [2.05, 4.69) is 10.3 Å². The molecule has 2 aromatic carbocycles. The fraction of sp³-hybridized carbons (Fsp3) is 0.318. The quantitative estimate of drug-likeness (QED) is 0.426. The zero-order valence-corrected chi connectivity index (χ0v) is 16.8. The normalized spacial score (nSPS) is 10.7. The standard InChI is InChI=1S/C22H24N2O5/c1-4-22-24-17-13-16(8-10-18(17)29-22)23-21(26)6-5-11-28-19-9-7-15(14(2)25)12-20(19)27-3/h7-10,12-13H,4-6,11H2,1-3H3,(H,23,26). The van der Waals surface area contributed by atoms with Gasteiger partial charge in [-0.25, -0.2) is 4.98 Å². The number of ether oxygens (including phenoxy) is 2. The van der Waals surface area contributed by atoms with E-state index in [1.54, 1.807) is 36.4 Å². The van der Waals surface area contributed by atoms with E-state index in [0.29, 0.717) is 53.7 Å². The minimum atomic E-state index is -0.106. The molecular formula is C22H24N2O5. The number of aromatic nitrogens is 1. The van der Waals surface area contributed by atoms with E-state index in [1.807, 2.05) is 6.92 Å². The molecule has 0 unspecified atom stereocenters. The minimum absolute atomic E-state index is 0.0405. The maximum absolute atomic E-state index is 12.2. The summed E-state index contributed by atoms with van der Waals surface area (Å²) in [5.41, 5.74) is 2.67. The molecule has 0 bridgehead atoms. The number of benzene rings is 2. The lowest BCUT2D eigenvalue weighted by atomic mass is 10.1. The number of ketones is 1. The van der Waals surface area contributed by atoms with Crippen molar-refractivity contribution >= 4 is 28.5 Å². The van der Waals surface area contributed by atoms with Crippen LogP contribution in [0.2, 0.25) is 0 Å². The highest BCUT2D eigenvalue weighted by Crippen LogP contribution is 2.28. The molecule has 0 saturated heterocycles. The van der Waals surface area contributed by atoms with Crippen molar-refractivity contribution in [2.45, 2.75) is 33.1 Å². The number of Topliss-reactive ketones (excluding diaryl/α,β-unsaturated/α-hetero) is 1. The van der Waals surface area contributed by atoms with Gasteiger partial charge in [0.2, 0.25) is 5.91 Å². The topological polar surface area (TPSA) is 90.7 Å². The van der Waals surface area contributed by atoms with E-state index < -0.39 is 0 Å². The lowest BCUT2D eigenvalue weighted by Crippen LogP contribution is -2.12. The van der Waals surface area contributed by atoms with Gasteiger partial charge in [0.25, 0.3) is 0 Å². The molecule has 7 heteroatoms. The molecule has 0 saturated carbocycles. The van der Waals surface area contributed by atoms with Gasteiger partial charge in [-0.15, -0.1) is 0 Å². The molecule has 0 aliphatic carbocycles. The Hall–Kier alpha value is -3.35. The highest BCUT2D eigenvalue weighted by Gasteiger charge is 2.10. The second-order valence-corrected chi connectivity index (χ2v) is 6.57. The molecule has 0 aliphatic heterocycles. The van der Waals surface area contributed by atoms with Crippen LogP contribution in [0.5, 0.6) is 11.5 Å². The number of carbonyl (C=O) groups excluding carboxylic acids is 2. The number of hydrogen-bond donors (Lipinski definition) is 1. The van der Waals surface area contributed by atoms with Crippen LogP contribution in [0, 0.1) is 0 Å². The zero-order chi connectivity index (χ0) is 20.8. The summed E-state index contributed by atoms with van der Waals surface area (Å²) in [6, 6.07) is 10.4. The van der Waals surface area contributed by atoms with E-state index in [4.69, 9.17) is 13.9 Å². The number of nitrogens with one attached hydrogen (secondary N) is 1. The summed E-state index contributed by atoms with van der Waals surface area (Å²) in [5, 5.41) is 2.86. The predicted molar refractivity (Wildman–Crippen MR) is 110 cm³/mol. The van der Waals surface area contributed by atoms with Gasteiger partial charge in [-0.2, -0.15) is 0 Å². The SMILES string of the molecule is CCc1nc2cc(NC(=O)CCCOc3ccc(C(C)=O)cc3OC)ccc2o1. The molecule has 0 aliphatic rings. The maximum Gasteiger partial charge on any atom is 0.224 e. The maximum atomic E-state index is 12.2. The van der Waals surface area contributed by atoms with E-state index in [1.165, 1.54) is 14.0 Å². The molecule has 0 spiro atoms. The first-order valence-electron chi connectivity index (χ1n) is 9.51. The number of aryl methyl sites for hydroxylation is 1. The summed E-state index contributed by atoms with van der Waals surface area (Å²) in [4.78, 5) is 28.0. The second-order valence-electron chi connectivity index (χ2n) is 6.57. The average molecular weight is 396 g/mol. The molecule has 29 heavy (non-hydrogen) atoms. The molecule has 3 rings (SSSR count). The first kappa shape index (κ1) is 20.4. The number of methoxy groups -OCH3 is 1. The van der Waals surface area contributed by atoms with E-state index in [9.17, 15) is 9.59 Å². The minimum Gasteiger partial charge on any atom is -0.493 e. The highest BCUT2D eigenvalue weighted by atomic mass is 16.5. The molecule has 3 aromatic rings. The molecule has 0 atom stereocenters. The van der Waals surface area contributed by atoms with Crippen LogP contribution in [0.15, 0.2) is 40.8 Å². The fourth-order valence-corrected chi connectivity index (χ4v) is 2.85. The number of hydrogen-bond acceptors (Lipinski definition) is 6. The Balaban J connectivity index is 1.49. The molecule has 7 nitrogen and oxygen atoms in total. The molecule has 152 valence electrons. The first-order chi connectivity index (χ1) is 14.0. The summed E-state index contributed by atoms with van der Waals surface area (Å²) < 4.78 is 16.5. The number of nitrogens with zero attached hydrogens (tertiary/aromatic N) is 1. The number of oxazole rings is 1. The van der Waals surface area contributed by atoms with Gasteiger partial charge in [-0.05, 0) is 49.7 Å². The summed E-state index contributed by atoms with van der Waals surface area (Å²) in [5.74, 6) is 1.57. The Morgan fingerprint density at radius 2 is 1.97 bits per heavy atom. The third kappa shape index (κ3) is 5.13. The van der Waals surface area contributed by atoms with Crippen LogP contribution in [-0.2, 0) is 11.2 Å². The van der Waals surface area contributed by atoms with Crippen LogP contribution in [-0.4, -0.2) is 30.4 Å². The molecule has 1 N–H and O–H groups in total. The van der Waals surface area contributed by atoms with Crippen LogP contribution >= 0.6 is 0 Å². The van der Waals surface area contributed by atoms with Gasteiger partial charge in [0.05, 0.1) is 13.7 Å². The molecule has 0 fully saturated rings. The molecule has 0 radical (unpaired) electrons. The van der Waals surface area contributed by atoms with Crippen molar-refractivity contribution in [2.75, 3.05) is 19.0 Å². The second kappa shape index (κ2) is 9.23. The van der Waals surface area contributed by atoms with Crippen LogP contribution in [0.1, 0.15) is 42.9 Å². The fourth-order valence-electron chi connectivity index (χ4n) is 2.85. The number of anilines is 1. The smallest absolute Gasteiger partial charge is 0.224 e. The van der Waals surface area contributed by atoms with Gasteiger partial charge in [-0.1, -0.05) is 6.92 Å². The molecule has 1 heterocycles. The Morgan fingerprint density at radius 1 is 1.14 bits per heavy atom. The number of carbonyl (C=O) groups is 2. The van der Waals surface area contributed by atoms with Crippen molar-refractivity contribution in [3.8, 4) is 11.5 Å². The third-order valence-corrected chi connectivity index (χ3v) is 4.39. The van der Waals surface area contributed by atoms with Crippen molar-refractivity contribution in [3.05, 3.63) is 47.9 Å². The molecular weight excluding hydrogens is 372 g/mol. The molecule has 1 aromatic heterocycles. The number of amides is 1. The van der Waals surface area contributed by atoms with Crippen molar-refractivity contribution < 1.29 is 23.5 Å². The van der Waals surface area contributed by atoms with Gasteiger partial charge in [0, 0.05) is 24.1 Å². The van der Waals surface area contributed by atoms with Gasteiger partial charge in [0.15, 0.2) is 28.8 Å². The van der Waals surface area contributed by atoms with E-state index in [-0.39, 0.29) is 11.7 Å². The summed E-state index contributed by atoms with van der Waals surface area (Å²) in [6.07, 6.45) is 1.57. The summed E-state index contributed by atoms with van der Waals surface area (Å²) in [6.45, 7) is 3.82. The molecule has 1 amide bonds. The average Bonchev–Trinajstić information content (AvgIpc) is 3.13. The van der Waals surface area contributed by atoms with Crippen molar-refractivity contribution in [3.63, 3.8) is 0 Å². The summed E-state index contributed by atoms with van der Waals surface area (Å²) in [7, 11) is 1.52. The lowest BCUT2D eigenvalue weighted by Gasteiger charge is -2.11. The highest BCUT2D eigenvalue weighted by molar-refractivity contribution is 5.94. The first-order valence-corrected chi connectivity index (χ1v) is 9.51. The Morgan fingerprint density at radius 3 is 2.69 bits per heavy atom. The monoisotopic (exact) mass is 396 g/mol. The number of fused-ring (bicyclic) bond motifs is 1. The Bertz CT molecular complexity index is 1030. The van der Waals surface area contributed by atoms with Gasteiger partial charge < -0.3 is 19.2 Å². The van der Waals surface area contributed by atoms with Gasteiger partial charge >= 0.3 is 0 Å². The largest absolute Gasteiger partial charge is 0.493 e.